The number of nitrogens with one attached hydrogen (secondary N) is 1. The van der Waals surface area contributed by atoms with Gasteiger partial charge < -0.3 is 19.4 Å². The number of ether oxygens (including phenoxy) is 2. The number of carbonyl (C=O) groups is 2. The molecule has 0 spiro atoms. The van der Waals surface area contributed by atoms with E-state index >= 15 is 0 Å². The minimum absolute atomic E-state index is 0.186. The molecular formula is C22H21ClN2O4. The molecule has 0 saturated carbocycles. The SMILES string of the molecule is CCOC(=O)C1CN(C(=O)Oc2ccc(Cl)cc2)CCc2c1[nH]c1ccccc21. The number of fused-ring (bicyclic) bond motifs is 3. The number of halogens is 1. The molecule has 0 radical (unpaired) electrons. The van der Waals surface area contributed by atoms with E-state index < -0.39 is 12.0 Å². The summed E-state index contributed by atoms with van der Waals surface area (Å²) in [5.74, 6) is -0.551. The van der Waals surface area contributed by atoms with E-state index in [1.165, 1.54) is 0 Å². The van der Waals surface area contributed by atoms with Crippen LogP contribution in [0.25, 0.3) is 10.9 Å². The highest BCUT2D eigenvalue weighted by atomic mass is 35.5. The summed E-state index contributed by atoms with van der Waals surface area (Å²) in [7, 11) is 0. The molecule has 0 saturated heterocycles. The summed E-state index contributed by atoms with van der Waals surface area (Å²) in [6.07, 6.45) is 0.112. The number of hydrogen-bond acceptors (Lipinski definition) is 4. The molecule has 0 bridgehead atoms. The van der Waals surface area contributed by atoms with Crippen molar-refractivity contribution in [2.45, 2.75) is 19.3 Å². The third-order valence-corrected chi connectivity index (χ3v) is 5.33. The zero-order valence-corrected chi connectivity index (χ0v) is 16.7. The molecule has 150 valence electrons. The standard InChI is InChI=1S/C22H21ClN2O4/c1-2-28-21(26)18-13-25(22(27)29-15-9-7-14(23)8-10-15)12-11-17-16-5-3-4-6-19(16)24-20(17)18/h3-10,18,24H,2,11-13H2,1H3. The number of aromatic nitrogens is 1. The molecule has 29 heavy (non-hydrogen) atoms. The fourth-order valence-electron chi connectivity index (χ4n) is 3.71. The maximum Gasteiger partial charge on any atom is 0.415 e. The second-order valence-electron chi connectivity index (χ2n) is 6.89. The molecule has 0 fully saturated rings. The molecular weight excluding hydrogens is 392 g/mol. The van der Waals surface area contributed by atoms with E-state index in [1.54, 1.807) is 36.1 Å². The van der Waals surface area contributed by atoms with Crippen LogP contribution in [0.5, 0.6) is 5.75 Å². The Morgan fingerprint density at radius 2 is 1.93 bits per heavy atom. The van der Waals surface area contributed by atoms with E-state index in [2.05, 4.69) is 4.98 Å². The van der Waals surface area contributed by atoms with Gasteiger partial charge in [-0.05, 0) is 49.2 Å². The first-order chi connectivity index (χ1) is 14.1. The number of H-pyrrole nitrogens is 1. The molecule has 6 nitrogen and oxygen atoms in total. The molecule has 2 heterocycles. The quantitative estimate of drug-likeness (QED) is 0.642. The lowest BCUT2D eigenvalue weighted by Gasteiger charge is -2.23. The molecule has 1 atom stereocenters. The van der Waals surface area contributed by atoms with Crippen LogP contribution in [0.3, 0.4) is 0 Å². The van der Waals surface area contributed by atoms with E-state index in [0.29, 0.717) is 23.7 Å². The Bertz CT molecular complexity index is 1040. The lowest BCUT2D eigenvalue weighted by Crippen LogP contribution is -2.38. The molecule has 1 aliphatic rings. The molecule has 1 unspecified atom stereocenters. The van der Waals surface area contributed by atoms with Crippen molar-refractivity contribution >= 4 is 34.6 Å². The number of carbonyl (C=O) groups excluding carboxylic acids is 2. The number of nitrogens with zero attached hydrogens (tertiary/aromatic N) is 1. The van der Waals surface area contributed by atoms with Gasteiger partial charge in [0.15, 0.2) is 0 Å². The number of amides is 1. The second kappa shape index (κ2) is 8.17. The summed E-state index contributed by atoms with van der Waals surface area (Å²) in [5.41, 5.74) is 2.83. The van der Waals surface area contributed by atoms with Gasteiger partial charge in [0.2, 0.25) is 0 Å². The monoisotopic (exact) mass is 412 g/mol. The first kappa shape index (κ1) is 19.3. The highest BCUT2D eigenvalue weighted by Crippen LogP contribution is 2.32. The smallest absolute Gasteiger partial charge is 0.415 e. The van der Waals surface area contributed by atoms with Gasteiger partial charge in [-0.3, -0.25) is 4.79 Å². The minimum atomic E-state index is -0.599. The van der Waals surface area contributed by atoms with E-state index in [0.717, 1.165) is 22.2 Å². The third kappa shape index (κ3) is 3.93. The van der Waals surface area contributed by atoms with Crippen molar-refractivity contribution in [2.24, 2.45) is 0 Å². The van der Waals surface area contributed by atoms with Gasteiger partial charge in [-0.25, -0.2) is 4.79 Å². The highest BCUT2D eigenvalue weighted by Gasteiger charge is 2.34. The molecule has 1 aromatic heterocycles. The predicted molar refractivity (Wildman–Crippen MR) is 110 cm³/mol. The van der Waals surface area contributed by atoms with Gasteiger partial charge >= 0.3 is 12.1 Å². The Labute approximate surface area is 173 Å². The largest absolute Gasteiger partial charge is 0.465 e. The van der Waals surface area contributed by atoms with Crippen LogP contribution >= 0.6 is 11.6 Å². The fourth-order valence-corrected chi connectivity index (χ4v) is 3.83. The van der Waals surface area contributed by atoms with Gasteiger partial charge in [0.25, 0.3) is 0 Å². The van der Waals surface area contributed by atoms with E-state index in [1.807, 2.05) is 24.3 Å². The molecule has 1 aliphatic heterocycles. The Balaban J connectivity index is 1.63. The molecule has 4 rings (SSSR count). The van der Waals surface area contributed by atoms with Crippen molar-refractivity contribution in [3.63, 3.8) is 0 Å². The van der Waals surface area contributed by atoms with Crippen LogP contribution in [0.15, 0.2) is 48.5 Å². The topological polar surface area (TPSA) is 71.6 Å². The van der Waals surface area contributed by atoms with Gasteiger partial charge in [-0.2, -0.15) is 0 Å². The van der Waals surface area contributed by atoms with Gasteiger partial charge in [-0.1, -0.05) is 29.8 Å². The second-order valence-corrected chi connectivity index (χ2v) is 7.32. The van der Waals surface area contributed by atoms with Crippen LogP contribution < -0.4 is 4.74 Å². The number of rotatable bonds is 3. The Morgan fingerprint density at radius 3 is 2.69 bits per heavy atom. The summed E-state index contributed by atoms with van der Waals surface area (Å²) in [4.78, 5) is 30.4. The molecule has 1 amide bonds. The summed E-state index contributed by atoms with van der Waals surface area (Å²) in [6.45, 7) is 2.68. The van der Waals surface area contributed by atoms with Crippen LogP contribution in [-0.4, -0.2) is 41.6 Å². The Morgan fingerprint density at radius 1 is 1.17 bits per heavy atom. The molecule has 3 aromatic rings. The van der Waals surface area contributed by atoms with Crippen molar-refractivity contribution in [1.29, 1.82) is 0 Å². The number of hydrogen-bond donors (Lipinski definition) is 1. The van der Waals surface area contributed by atoms with Crippen molar-refractivity contribution < 1.29 is 19.1 Å². The summed E-state index contributed by atoms with van der Waals surface area (Å²) >= 11 is 5.88. The fraction of sp³-hybridized carbons (Fsp3) is 0.273. The van der Waals surface area contributed by atoms with Gasteiger partial charge in [-0.15, -0.1) is 0 Å². The third-order valence-electron chi connectivity index (χ3n) is 5.08. The zero-order valence-electron chi connectivity index (χ0n) is 16.0. The summed E-state index contributed by atoms with van der Waals surface area (Å²) in [6, 6.07) is 14.5. The van der Waals surface area contributed by atoms with Gasteiger partial charge in [0.1, 0.15) is 11.7 Å². The van der Waals surface area contributed by atoms with E-state index in [4.69, 9.17) is 21.1 Å². The average Bonchev–Trinajstić information content (AvgIpc) is 2.97. The lowest BCUT2D eigenvalue weighted by molar-refractivity contribution is -0.145. The number of esters is 1. The van der Waals surface area contributed by atoms with Crippen LogP contribution in [0.1, 0.15) is 24.1 Å². The summed E-state index contributed by atoms with van der Waals surface area (Å²) in [5, 5.41) is 1.62. The molecule has 2 aromatic carbocycles. The number of para-hydroxylation sites is 1. The molecule has 1 N–H and O–H groups in total. The van der Waals surface area contributed by atoms with Crippen molar-refractivity contribution in [3.8, 4) is 5.75 Å². The van der Waals surface area contributed by atoms with Crippen LogP contribution in [0, 0.1) is 0 Å². The maximum atomic E-state index is 12.8. The first-order valence-electron chi connectivity index (χ1n) is 9.55. The van der Waals surface area contributed by atoms with E-state index in [-0.39, 0.29) is 19.1 Å². The van der Waals surface area contributed by atoms with E-state index in [9.17, 15) is 9.59 Å². The average molecular weight is 413 g/mol. The van der Waals surface area contributed by atoms with Gasteiger partial charge in [0.05, 0.1) is 6.61 Å². The predicted octanol–water partition coefficient (Wildman–Crippen LogP) is 4.53. The van der Waals surface area contributed by atoms with Crippen molar-refractivity contribution in [3.05, 3.63) is 64.8 Å². The highest BCUT2D eigenvalue weighted by molar-refractivity contribution is 6.30. The lowest BCUT2D eigenvalue weighted by atomic mass is 10.00. The Kier molecular flexibility index (Phi) is 5.45. The van der Waals surface area contributed by atoms with Crippen LogP contribution in [0.2, 0.25) is 5.02 Å². The zero-order chi connectivity index (χ0) is 20.4. The minimum Gasteiger partial charge on any atom is -0.465 e. The summed E-state index contributed by atoms with van der Waals surface area (Å²) < 4.78 is 10.8. The number of benzene rings is 2. The molecule has 0 aliphatic carbocycles. The number of aromatic amines is 1. The van der Waals surface area contributed by atoms with Gasteiger partial charge in [0, 0.05) is 34.7 Å². The van der Waals surface area contributed by atoms with Crippen LogP contribution in [-0.2, 0) is 16.0 Å². The molecule has 7 heteroatoms. The maximum absolute atomic E-state index is 12.8. The Hall–Kier alpha value is -2.99. The normalized spacial score (nSPS) is 16.2. The van der Waals surface area contributed by atoms with Crippen molar-refractivity contribution in [1.82, 2.24) is 9.88 Å². The van der Waals surface area contributed by atoms with Crippen molar-refractivity contribution in [2.75, 3.05) is 19.7 Å². The van der Waals surface area contributed by atoms with Crippen LogP contribution in [0.4, 0.5) is 4.79 Å². The first-order valence-corrected chi connectivity index (χ1v) is 9.93.